The lowest BCUT2D eigenvalue weighted by atomic mass is 9.90. The van der Waals surface area contributed by atoms with Gasteiger partial charge >= 0.3 is 30.8 Å². The van der Waals surface area contributed by atoms with Gasteiger partial charge in [-0.05, 0) is 88.1 Å². The van der Waals surface area contributed by atoms with Crippen molar-refractivity contribution in [2.45, 2.75) is 113 Å². The van der Waals surface area contributed by atoms with E-state index in [4.69, 9.17) is 14.6 Å². The van der Waals surface area contributed by atoms with Crippen LogP contribution in [0.2, 0.25) is 0 Å². The lowest BCUT2D eigenvalue weighted by Crippen LogP contribution is -2.49. The second-order valence-corrected chi connectivity index (χ2v) is 15.1. The summed E-state index contributed by atoms with van der Waals surface area (Å²) >= 11 is 0. The molecule has 2 aliphatic carbocycles. The van der Waals surface area contributed by atoms with Gasteiger partial charge in [-0.2, -0.15) is 52.7 Å². The van der Waals surface area contributed by atoms with Crippen molar-refractivity contribution in [2.24, 2.45) is 22.7 Å². The molecule has 0 aromatic carbocycles. The zero-order chi connectivity index (χ0) is 41.7. The molecule has 4 saturated heterocycles. The second-order valence-electron chi connectivity index (χ2n) is 15.1. The number of nitrogens with one attached hydrogen (secondary N) is 3. The molecule has 4 heterocycles. The third-order valence-electron chi connectivity index (χ3n) is 11.2. The van der Waals surface area contributed by atoms with Crippen LogP contribution in [0.5, 0.6) is 0 Å². The number of carbonyl (C=O) groups excluding carboxylic acids is 3. The molecule has 2 unspecified atom stereocenters. The largest absolute Gasteiger partial charge is 0.434 e. The molecule has 2 spiro atoms. The lowest BCUT2D eigenvalue weighted by molar-refractivity contribution is -0.309. The van der Waals surface area contributed by atoms with E-state index in [1.165, 1.54) is 12.8 Å². The van der Waals surface area contributed by atoms with E-state index in [1.807, 2.05) is 0 Å². The number of nitrogens with zero attached hydrogens (tertiary/aromatic N) is 1. The van der Waals surface area contributed by atoms with E-state index in [2.05, 4.69) is 20.7 Å². The van der Waals surface area contributed by atoms with Crippen LogP contribution in [0.15, 0.2) is 0 Å². The molecule has 23 heteroatoms. The molecule has 324 valence electrons. The van der Waals surface area contributed by atoms with E-state index in [0.717, 1.165) is 63.3 Å². The number of alkyl halides is 12. The molecule has 6 rings (SSSR count). The Hall–Kier alpha value is -2.79. The van der Waals surface area contributed by atoms with Gasteiger partial charge in [-0.15, -0.1) is 0 Å². The Morgan fingerprint density at radius 1 is 0.643 bits per heavy atom. The van der Waals surface area contributed by atoms with Crippen molar-refractivity contribution < 1.29 is 86.4 Å². The molecule has 6 fully saturated rings. The molecule has 11 nitrogen and oxygen atoms in total. The van der Waals surface area contributed by atoms with Crippen LogP contribution in [0.25, 0.3) is 0 Å². The first-order chi connectivity index (χ1) is 25.9. The molecule has 3 amide bonds. The minimum absolute atomic E-state index is 0.0469. The van der Waals surface area contributed by atoms with Crippen molar-refractivity contribution in [3.63, 3.8) is 0 Å². The summed E-state index contributed by atoms with van der Waals surface area (Å²) in [5, 5.41) is 17.0. The summed E-state index contributed by atoms with van der Waals surface area (Å²) in [7, 11) is 0. The summed E-state index contributed by atoms with van der Waals surface area (Å²) in [6.07, 6.45) is -24.6. The Morgan fingerprint density at radius 2 is 1.02 bits per heavy atom. The Labute approximate surface area is 313 Å². The number of ether oxygens (including phenoxy) is 3. The lowest BCUT2D eigenvalue weighted by Gasteiger charge is -2.34. The topological polar surface area (TPSA) is 138 Å². The van der Waals surface area contributed by atoms with Gasteiger partial charge in [0.05, 0.1) is 0 Å². The molecule has 2 atom stereocenters. The summed E-state index contributed by atoms with van der Waals surface area (Å²) in [5.74, 6) is 0.259. The average molecular weight is 839 g/mol. The van der Waals surface area contributed by atoms with Crippen LogP contribution in [0, 0.1) is 22.7 Å². The molecule has 4 N–H and O–H groups in total. The maximum atomic E-state index is 12.5. The highest BCUT2D eigenvalue weighted by Crippen LogP contribution is 2.60. The molecule has 2 saturated carbocycles. The van der Waals surface area contributed by atoms with Crippen molar-refractivity contribution in [2.75, 3.05) is 52.6 Å². The fraction of sp³-hybridized carbons (Fsp3) is 0.909. The van der Waals surface area contributed by atoms with Gasteiger partial charge in [0.2, 0.25) is 17.9 Å². The average Bonchev–Trinajstić information content (AvgIpc) is 4.01. The molecule has 0 radical (unpaired) electrons. The number of likely N-dealkylation sites (tertiary alicyclic amines) is 1. The first-order valence-electron chi connectivity index (χ1n) is 18.3. The Bertz CT molecular complexity index is 1290. The van der Waals surface area contributed by atoms with Crippen LogP contribution in [-0.2, 0) is 23.8 Å². The zero-order valence-corrected chi connectivity index (χ0v) is 30.1. The van der Waals surface area contributed by atoms with Crippen LogP contribution in [-0.4, -0.2) is 130 Å². The minimum atomic E-state index is -5.74. The molecule has 0 aromatic rings. The van der Waals surface area contributed by atoms with E-state index < -0.39 is 43.0 Å². The molecule has 4 aliphatic heterocycles. The quantitative estimate of drug-likeness (QED) is 0.279. The van der Waals surface area contributed by atoms with Crippen LogP contribution in [0.1, 0.15) is 64.2 Å². The van der Waals surface area contributed by atoms with E-state index in [1.54, 1.807) is 0 Å². The van der Waals surface area contributed by atoms with Gasteiger partial charge in [0.1, 0.15) is 0 Å². The Kier molecular flexibility index (Phi) is 14.8. The fourth-order valence-electron chi connectivity index (χ4n) is 7.57. The van der Waals surface area contributed by atoms with Gasteiger partial charge in [0.15, 0.2) is 0 Å². The number of amides is 3. The third kappa shape index (κ3) is 12.6. The number of hydrogen-bond donors (Lipinski definition) is 4. The molecule has 0 bridgehead atoms. The number of piperidine rings is 2. The summed E-state index contributed by atoms with van der Waals surface area (Å²) in [6, 6.07) is 0.404. The smallest absolute Gasteiger partial charge is 0.426 e. The van der Waals surface area contributed by atoms with Crippen molar-refractivity contribution >= 4 is 17.9 Å². The second kappa shape index (κ2) is 18.0. The maximum Gasteiger partial charge on any atom is 0.434 e. The summed E-state index contributed by atoms with van der Waals surface area (Å²) < 4.78 is 155. The first-order valence-corrected chi connectivity index (χ1v) is 18.3. The van der Waals surface area contributed by atoms with Crippen molar-refractivity contribution in [1.82, 2.24) is 20.9 Å². The van der Waals surface area contributed by atoms with Gasteiger partial charge in [-0.3, -0.25) is 9.59 Å². The highest BCUT2D eigenvalue weighted by molar-refractivity contribution is 5.83. The number of rotatable bonds is 5. The minimum Gasteiger partial charge on any atom is -0.426 e. The third-order valence-corrected chi connectivity index (χ3v) is 11.2. The molecule has 0 aromatic heterocycles. The van der Waals surface area contributed by atoms with E-state index in [9.17, 15) is 67.1 Å². The van der Waals surface area contributed by atoms with Crippen molar-refractivity contribution in [3.05, 3.63) is 0 Å². The SMILES string of the molecule is O=C(NC1CCOCC1)C1CC12CCN(C(=O)OC(C(F)(F)F)C(F)(F)F)CC2.O=C(NC1CCOCC1)C1CC12CCNCC2.OC(C(F)(F)F)C(F)(F)F. The number of aliphatic hydroxyl groups is 1. The standard InChI is InChI=1S/C17H22F6N2O4.C13H22N2O2.C3H2F6O/c18-16(19,20)13(17(21,22)23)29-14(27)25-5-3-15(4-6-25)9-11(15)12(26)24-10-1-7-28-8-2-10;16-12(15-10-1-7-17-8-2-10)11-9-13(11)3-5-14-6-4-13;4-2(5,6)1(10)3(7,8)9/h10-11,13H,1-9H2,(H,24,26);10-11,14H,1-9H2,(H,15,16);1,10H. The summed E-state index contributed by atoms with van der Waals surface area (Å²) in [5.41, 5.74) is 0.0139. The van der Waals surface area contributed by atoms with Gasteiger partial charge in [0, 0.05) is 63.4 Å². The first kappa shape index (κ1) is 45.9. The molecule has 6 aliphatic rings. The van der Waals surface area contributed by atoms with Crippen molar-refractivity contribution in [1.29, 1.82) is 0 Å². The highest BCUT2D eigenvalue weighted by atomic mass is 19.4. The van der Waals surface area contributed by atoms with Gasteiger partial charge in [-0.1, -0.05) is 0 Å². The maximum absolute atomic E-state index is 12.5. The van der Waals surface area contributed by atoms with Crippen LogP contribution >= 0.6 is 0 Å². The predicted molar refractivity (Wildman–Crippen MR) is 168 cm³/mol. The molecule has 56 heavy (non-hydrogen) atoms. The Morgan fingerprint density at radius 3 is 1.36 bits per heavy atom. The zero-order valence-electron chi connectivity index (χ0n) is 30.1. The van der Waals surface area contributed by atoms with Crippen LogP contribution in [0.4, 0.5) is 57.5 Å². The number of halogens is 12. The van der Waals surface area contributed by atoms with Gasteiger partial charge in [0.25, 0.3) is 6.10 Å². The number of aliphatic hydroxyl groups excluding tert-OH is 1. The number of carbonyl (C=O) groups is 3. The normalized spacial score (nSPS) is 25.4. The fourth-order valence-corrected chi connectivity index (χ4v) is 7.57. The Balaban J connectivity index is 0.000000216. The summed E-state index contributed by atoms with van der Waals surface area (Å²) in [6.45, 7) is 4.81. The van der Waals surface area contributed by atoms with Crippen molar-refractivity contribution in [3.8, 4) is 0 Å². The highest BCUT2D eigenvalue weighted by Gasteiger charge is 2.62. The van der Waals surface area contributed by atoms with Gasteiger partial charge < -0.3 is 40.2 Å². The van der Waals surface area contributed by atoms with E-state index in [0.29, 0.717) is 55.8 Å². The number of hydrogen-bond acceptors (Lipinski definition) is 8. The molecular formula is C33H46F12N4O7. The van der Waals surface area contributed by atoms with Crippen LogP contribution in [0.3, 0.4) is 0 Å². The van der Waals surface area contributed by atoms with E-state index >= 15 is 0 Å². The predicted octanol–water partition coefficient (Wildman–Crippen LogP) is 5.16. The summed E-state index contributed by atoms with van der Waals surface area (Å²) in [4.78, 5) is 37.3. The molecular weight excluding hydrogens is 792 g/mol. The van der Waals surface area contributed by atoms with Gasteiger partial charge in [-0.25, -0.2) is 4.79 Å². The monoisotopic (exact) mass is 838 g/mol. The van der Waals surface area contributed by atoms with Crippen LogP contribution < -0.4 is 16.0 Å². The van der Waals surface area contributed by atoms with E-state index in [-0.39, 0.29) is 36.4 Å².